The van der Waals surface area contributed by atoms with Crippen LogP contribution in [0, 0.1) is 13.8 Å². The number of hydrogen-bond donors (Lipinski definition) is 1. The minimum atomic E-state index is -0.561. The van der Waals surface area contributed by atoms with Crippen LogP contribution in [0.15, 0.2) is 28.8 Å². The summed E-state index contributed by atoms with van der Waals surface area (Å²) in [6, 6.07) is 6.88. The van der Waals surface area contributed by atoms with E-state index < -0.39 is 5.97 Å². The molecule has 1 heterocycles. The molecule has 2 aromatic rings. The number of carbonyl (C=O) groups is 2. The van der Waals surface area contributed by atoms with Crippen molar-refractivity contribution in [2.24, 2.45) is 0 Å². The second kappa shape index (κ2) is 7.38. The van der Waals surface area contributed by atoms with Gasteiger partial charge < -0.3 is 19.3 Å². The summed E-state index contributed by atoms with van der Waals surface area (Å²) in [5.74, 6) is 0.391. The summed E-state index contributed by atoms with van der Waals surface area (Å²) in [7, 11) is 0. The van der Waals surface area contributed by atoms with Crippen molar-refractivity contribution in [1.29, 1.82) is 0 Å². The van der Waals surface area contributed by atoms with Crippen LogP contribution in [0.1, 0.15) is 40.2 Å². The molecule has 0 unspecified atom stereocenters. The number of benzene rings is 1. The fourth-order valence-corrected chi connectivity index (χ4v) is 2.29. The minimum Gasteiger partial charge on any atom is -0.489 e. The average Bonchev–Trinajstić information content (AvgIpc) is 3.36. The van der Waals surface area contributed by atoms with Crippen molar-refractivity contribution in [2.75, 3.05) is 6.61 Å². The third-order valence-electron chi connectivity index (χ3n) is 3.91. The lowest BCUT2D eigenvalue weighted by molar-refractivity contribution is -0.124. The molecule has 1 aliphatic carbocycles. The maximum Gasteiger partial charge on any atom is 0.338 e. The molecule has 0 spiro atoms. The lowest BCUT2D eigenvalue weighted by Gasteiger charge is -2.08. The number of amides is 1. The molecular formula is C18H20N2O5. The maximum absolute atomic E-state index is 12.1. The average molecular weight is 344 g/mol. The SMILES string of the molecule is Cc1noc(C)c1COc1cccc(C(=O)OCC(=O)NC2CC2)c1. The molecule has 132 valence electrons. The van der Waals surface area contributed by atoms with Gasteiger partial charge in [0.15, 0.2) is 6.61 Å². The van der Waals surface area contributed by atoms with Gasteiger partial charge in [0.25, 0.3) is 5.91 Å². The third kappa shape index (κ3) is 4.59. The Balaban J connectivity index is 1.54. The molecule has 1 aromatic heterocycles. The molecule has 1 N–H and O–H groups in total. The first kappa shape index (κ1) is 17.0. The second-order valence-corrected chi connectivity index (χ2v) is 6.04. The molecular weight excluding hydrogens is 324 g/mol. The number of rotatable bonds is 7. The van der Waals surface area contributed by atoms with Gasteiger partial charge >= 0.3 is 5.97 Å². The predicted octanol–water partition coefficient (Wildman–Crippen LogP) is 2.31. The van der Waals surface area contributed by atoms with Crippen LogP contribution in [0.3, 0.4) is 0 Å². The summed E-state index contributed by atoms with van der Waals surface area (Å²) in [6.07, 6.45) is 1.98. The van der Waals surface area contributed by atoms with E-state index in [2.05, 4.69) is 10.5 Å². The van der Waals surface area contributed by atoms with Crippen LogP contribution >= 0.6 is 0 Å². The Kier molecular flexibility index (Phi) is 5.02. The molecule has 0 radical (unpaired) electrons. The van der Waals surface area contributed by atoms with Gasteiger partial charge in [-0.1, -0.05) is 11.2 Å². The van der Waals surface area contributed by atoms with Crippen molar-refractivity contribution < 1.29 is 23.6 Å². The number of aromatic nitrogens is 1. The summed E-state index contributed by atoms with van der Waals surface area (Å²) in [5, 5.41) is 6.64. The van der Waals surface area contributed by atoms with Crippen molar-refractivity contribution in [2.45, 2.75) is 39.3 Å². The van der Waals surface area contributed by atoms with E-state index >= 15 is 0 Å². The van der Waals surface area contributed by atoms with Crippen LogP contribution in [0.4, 0.5) is 0 Å². The number of hydrogen-bond acceptors (Lipinski definition) is 6. The van der Waals surface area contributed by atoms with E-state index in [0.29, 0.717) is 23.7 Å². The van der Waals surface area contributed by atoms with Gasteiger partial charge in [-0.15, -0.1) is 0 Å². The Morgan fingerprint density at radius 2 is 2.12 bits per heavy atom. The van der Waals surface area contributed by atoms with Crippen molar-refractivity contribution in [3.05, 3.63) is 46.8 Å². The topological polar surface area (TPSA) is 90.7 Å². The highest BCUT2D eigenvalue weighted by Gasteiger charge is 2.23. The first-order valence-corrected chi connectivity index (χ1v) is 8.14. The Bertz CT molecular complexity index is 760. The Labute approximate surface area is 145 Å². The standard InChI is InChI=1S/C18H20N2O5/c1-11-16(12(2)25-20-11)9-23-15-5-3-4-13(8-15)18(22)24-10-17(21)19-14-6-7-14/h3-5,8,14H,6-7,9-10H2,1-2H3,(H,19,21). The van der Waals surface area contributed by atoms with Gasteiger partial charge in [0.2, 0.25) is 0 Å². The van der Waals surface area contributed by atoms with E-state index in [9.17, 15) is 9.59 Å². The van der Waals surface area contributed by atoms with Crippen LogP contribution < -0.4 is 10.1 Å². The van der Waals surface area contributed by atoms with E-state index in [-0.39, 0.29) is 18.6 Å². The zero-order valence-corrected chi connectivity index (χ0v) is 14.2. The van der Waals surface area contributed by atoms with E-state index in [1.807, 2.05) is 13.8 Å². The molecule has 3 rings (SSSR count). The lowest BCUT2D eigenvalue weighted by Crippen LogP contribution is -2.30. The van der Waals surface area contributed by atoms with Crippen molar-refractivity contribution >= 4 is 11.9 Å². The highest BCUT2D eigenvalue weighted by molar-refractivity contribution is 5.91. The highest BCUT2D eigenvalue weighted by atomic mass is 16.5. The van der Waals surface area contributed by atoms with E-state index in [1.54, 1.807) is 24.3 Å². The van der Waals surface area contributed by atoms with Gasteiger partial charge in [-0.3, -0.25) is 4.79 Å². The normalized spacial score (nSPS) is 13.4. The van der Waals surface area contributed by atoms with Crippen LogP contribution in [-0.2, 0) is 16.1 Å². The first-order chi connectivity index (χ1) is 12.0. The predicted molar refractivity (Wildman–Crippen MR) is 88.2 cm³/mol. The molecule has 1 amide bonds. The van der Waals surface area contributed by atoms with E-state index in [1.165, 1.54) is 0 Å². The van der Waals surface area contributed by atoms with Crippen LogP contribution in [0.2, 0.25) is 0 Å². The smallest absolute Gasteiger partial charge is 0.338 e. The molecule has 0 saturated heterocycles. The molecule has 1 fully saturated rings. The largest absolute Gasteiger partial charge is 0.489 e. The molecule has 0 bridgehead atoms. The van der Waals surface area contributed by atoms with Gasteiger partial charge in [-0.05, 0) is 44.9 Å². The maximum atomic E-state index is 12.1. The minimum absolute atomic E-state index is 0.243. The fourth-order valence-electron chi connectivity index (χ4n) is 2.29. The number of nitrogens with zero attached hydrogens (tertiary/aromatic N) is 1. The first-order valence-electron chi connectivity index (χ1n) is 8.14. The van der Waals surface area contributed by atoms with Crippen LogP contribution in [-0.4, -0.2) is 29.7 Å². The van der Waals surface area contributed by atoms with E-state index in [0.717, 1.165) is 24.1 Å². The molecule has 0 atom stereocenters. The zero-order chi connectivity index (χ0) is 17.8. The monoisotopic (exact) mass is 344 g/mol. The summed E-state index contributed by atoms with van der Waals surface area (Å²) in [6.45, 7) is 3.68. The highest BCUT2D eigenvalue weighted by Crippen LogP contribution is 2.19. The molecule has 1 saturated carbocycles. The number of ether oxygens (including phenoxy) is 2. The quantitative estimate of drug-likeness (QED) is 0.775. The Morgan fingerprint density at radius 1 is 1.32 bits per heavy atom. The van der Waals surface area contributed by atoms with E-state index in [4.69, 9.17) is 14.0 Å². The summed E-state index contributed by atoms with van der Waals surface area (Å²) >= 11 is 0. The van der Waals surface area contributed by atoms with Gasteiger partial charge in [0.05, 0.1) is 16.8 Å². The molecule has 25 heavy (non-hydrogen) atoms. The van der Waals surface area contributed by atoms with Gasteiger partial charge in [0, 0.05) is 6.04 Å². The second-order valence-electron chi connectivity index (χ2n) is 6.04. The van der Waals surface area contributed by atoms with Gasteiger partial charge in [0.1, 0.15) is 18.1 Å². The molecule has 7 nitrogen and oxygen atoms in total. The summed E-state index contributed by atoms with van der Waals surface area (Å²) in [4.78, 5) is 23.6. The fraction of sp³-hybridized carbons (Fsp3) is 0.389. The zero-order valence-electron chi connectivity index (χ0n) is 14.2. The number of nitrogens with one attached hydrogen (secondary N) is 1. The Hall–Kier alpha value is -2.83. The van der Waals surface area contributed by atoms with Crippen molar-refractivity contribution in [3.8, 4) is 5.75 Å². The number of carbonyl (C=O) groups excluding carboxylic acids is 2. The van der Waals surface area contributed by atoms with Crippen molar-refractivity contribution in [3.63, 3.8) is 0 Å². The van der Waals surface area contributed by atoms with Crippen molar-refractivity contribution in [1.82, 2.24) is 10.5 Å². The third-order valence-corrected chi connectivity index (χ3v) is 3.91. The van der Waals surface area contributed by atoms with Gasteiger partial charge in [-0.2, -0.15) is 0 Å². The number of esters is 1. The van der Waals surface area contributed by atoms with Crippen LogP contribution in [0.25, 0.3) is 0 Å². The molecule has 0 aliphatic heterocycles. The summed E-state index contributed by atoms with van der Waals surface area (Å²) in [5.41, 5.74) is 1.98. The van der Waals surface area contributed by atoms with Crippen LogP contribution in [0.5, 0.6) is 5.75 Å². The summed E-state index contributed by atoms with van der Waals surface area (Å²) < 4.78 is 15.8. The molecule has 1 aromatic carbocycles. The molecule has 1 aliphatic rings. The molecule has 7 heteroatoms. The lowest BCUT2D eigenvalue weighted by atomic mass is 10.2. The Morgan fingerprint density at radius 3 is 2.80 bits per heavy atom. The van der Waals surface area contributed by atoms with Gasteiger partial charge in [-0.25, -0.2) is 4.79 Å². The number of aryl methyl sites for hydroxylation is 2.